The summed E-state index contributed by atoms with van der Waals surface area (Å²) >= 11 is 0. The highest BCUT2D eigenvalue weighted by molar-refractivity contribution is 5.72. The Morgan fingerprint density at radius 1 is 1.14 bits per heavy atom. The van der Waals surface area contributed by atoms with Crippen molar-refractivity contribution in [3.63, 3.8) is 0 Å². The molecule has 1 aliphatic rings. The van der Waals surface area contributed by atoms with Crippen LogP contribution < -0.4 is 9.47 Å². The molecule has 1 aliphatic heterocycles. The minimum absolute atomic E-state index is 0.418. The minimum atomic E-state index is -0.758. The number of ether oxygens (including phenoxy) is 2. The second kappa shape index (κ2) is 7.47. The Morgan fingerprint density at radius 3 is 2.14 bits per heavy atom. The van der Waals surface area contributed by atoms with Gasteiger partial charge in [0.25, 0.3) is 0 Å². The lowest BCUT2D eigenvalue weighted by atomic mass is 10.1. The first kappa shape index (κ1) is 16.6. The number of benzene rings is 1. The van der Waals surface area contributed by atoms with Crippen LogP contribution in [0.25, 0.3) is 0 Å². The second-order valence-corrected chi connectivity index (χ2v) is 5.55. The molecule has 0 aromatic heterocycles. The summed E-state index contributed by atoms with van der Waals surface area (Å²) in [7, 11) is 3.29. The molecule has 6 heteroatoms. The number of carbonyl (C=O) groups is 1. The zero-order valence-corrected chi connectivity index (χ0v) is 13.4. The van der Waals surface area contributed by atoms with Crippen molar-refractivity contribution in [1.82, 2.24) is 9.80 Å². The Morgan fingerprint density at radius 2 is 1.68 bits per heavy atom. The first-order valence-electron chi connectivity index (χ1n) is 7.44. The average Bonchev–Trinajstić information content (AvgIpc) is 2.54. The number of hydrogen-bond donors (Lipinski definition) is 1. The number of methoxy groups -OCH3 is 2. The largest absolute Gasteiger partial charge is 0.497 e. The molecule has 0 saturated carbocycles. The van der Waals surface area contributed by atoms with Gasteiger partial charge < -0.3 is 14.6 Å². The summed E-state index contributed by atoms with van der Waals surface area (Å²) < 4.78 is 10.6. The molecule has 1 aromatic rings. The number of piperazine rings is 1. The average molecular weight is 308 g/mol. The summed E-state index contributed by atoms with van der Waals surface area (Å²) in [4.78, 5) is 15.4. The van der Waals surface area contributed by atoms with Gasteiger partial charge in [-0.2, -0.15) is 0 Å². The molecule has 1 N–H and O–H groups in total. The topological polar surface area (TPSA) is 62.2 Å². The maximum absolute atomic E-state index is 11.0. The van der Waals surface area contributed by atoms with Crippen LogP contribution in [0.5, 0.6) is 11.5 Å². The number of carboxylic acid groups (broad SMARTS) is 1. The van der Waals surface area contributed by atoms with Gasteiger partial charge in [-0.15, -0.1) is 0 Å². The highest BCUT2D eigenvalue weighted by Crippen LogP contribution is 2.23. The van der Waals surface area contributed by atoms with Crippen LogP contribution in [-0.2, 0) is 11.3 Å². The van der Waals surface area contributed by atoms with E-state index in [2.05, 4.69) is 4.90 Å². The lowest BCUT2D eigenvalue weighted by molar-refractivity contribution is -0.143. The van der Waals surface area contributed by atoms with E-state index in [1.165, 1.54) is 0 Å². The van der Waals surface area contributed by atoms with E-state index in [4.69, 9.17) is 14.6 Å². The number of hydrogen-bond acceptors (Lipinski definition) is 5. The molecular formula is C16H24N2O4. The normalized spacial score (nSPS) is 18.0. The van der Waals surface area contributed by atoms with Crippen LogP contribution in [-0.4, -0.2) is 67.3 Å². The summed E-state index contributed by atoms with van der Waals surface area (Å²) in [5.74, 6) is 0.811. The third kappa shape index (κ3) is 4.11. The van der Waals surface area contributed by atoms with Crippen molar-refractivity contribution in [1.29, 1.82) is 0 Å². The molecule has 122 valence electrons. The van der Waals surface area contributed by atoms with E-state index in [1.807, 2.05) is 23.1 Å². The van der Waals surface area contributed by atoms with Gasteiger partial charge in [0.2, 0.25) is 0 Å². The SMILES string of the molecule is COc1cc(CN2CCN(C(C)C(=O)O)CC2)cc(OC)c1. The number of aliphatic carboxylic acids is 1. The number of nitrogens with zero attached hydrogens (tertiary/aromatic N) is 2. The monoisotopic (exact) mass is 308 g/mol. The van der Waals surface area contributed by atoms with Crippen LogP contribution in [0.3, 0.4) is 0 Å². The molecule has 1 heterocycles. The predicted molar refractivity (Wildman–Crippen MR) is 83.5 cm³/mol. The van der Waals surface area contributed by atoms with Gasteiger partial charge in [-0.05, 0) is 24.6 Å². The summed E-state index contributed by atoms with van der Waals surface area (Å²) in [6.45, 7) is 5.81. The molecule has 1 atom stereocenters. The fourth-order valence-corrected chi connectivity index (χ4v) is 2.68. The van der Waals surface area contributed by atoms with Crippen molar-refractivity contribution < 1.29 is 19.4 Å². The molecule has 0 aliphatic carbocycles. The van der Waals surface area contributed by atoms with Gasteiger partial charge in [0.1, 0.15) is 17.5 Å². The Hall–Kier alpha value is -1.79. The first-order valence-corrected chi connectivity index (χ1v) is 7.44. The van der Waals surface area contributed by atoms with Crippen molar-refractivity contribution in [3.8, 4) is 11.5 Å². The van der Waals surface area contributed by atoms with E-state index in [0.717, 1.165) is 49.8 Å². The molecule has 6 nitrogen and oxygen atoms in total. The smallest absolute Gasteiger partial charge is 0.320 e. The highest BCUT2D eigenvalue weighted by Gasteiger charge is 2.25. The second-order valence-electron chi connectivity index (χ2n) is 5.55. The van der Waals surface area contributed by atoms with E-state index in [9.17, 15) is 4.79 Å². The number of carboxylic acids is 1. The molecule has 0 spiro atoms. The van der Waals surface area contributed by atoms with E-state index in [0.29, 0.717) is 0 Å². The maximum Gasteiger partial charge on any atom is 0.320 e. The van der Waals surface area contributed by atoms with Gasteiger partial charge in [0, 0.05) is 38.8 Å². The molecule has 22 heavy (non-hydrogen) atoms. The molecule has 0 radical (unpaired) electrons. The van der Waals surface area contributed by atoms with Crippen LogP contribution >= 0.6 is 0 Å². The van der Waals surface area contributed by atoms with Crippen LogP contribution in [0, 0.1) is 0 Å². The van der Waals surface area contributed by atoms with Gasteiger partial charge in [0.15, 0.2) is 0 Å². The molecule has 0 amide bonds. The molecule has 1 saturated heterocycles. The van der Waals surface area contributed by atoms with Gasteiger partial charge in [-0.3, -0.25) is 14.6 Å². The van der Waals surface area contributed by atoms with Crippen molar-refractivity contribution in [2.45, 2.75) is 19.5 Å². The van der Waals surface area contributed by atoms with Crippen molar-refractivity contribution in [2.24, 2.45) is 0 Å². The van der Waals surface area contributed by atoms with E-state index < -0.39 is 12.0 Å². The molecule has 1 fully saturated rings. The lowest BCUT2D eigenvalue weighted by Crippen LogP contribution is -2.51. The van der Waals surface area contributed by atoms with E-state index >= 15 is 0 Å². The highest BCUT2D eigenvalue weighted by atomic mass is 16.5. The van der Waals surface area contributed by atoms with Crippen molar-refractivity contribution in [3.05, 3.63) is 23.8 Å². The third-order valence-electron chi connectivity index (χ3n) is 4.13. The zero-order chi connectivity index (χ0) is 16.1. The fourth-order valence-electron chi connectivity index (χ4n) is 2.68. The summed E-state index contributed by atoms with van der Waals surface area (Å²) in [6.07, 6.45) is 0. The molecule has 1 unspecified atom stereocenters. The molecule has 2 rings (SSSR count). The summed E-state index contributed by atoms with van der Waals surface area (Å²) in [6, 6.07) is 5.46. The number of rotatable bonds is 6. The van der Waals surface area contributed by atoms with Gasteiger partial charge in [-0.25, -0.2) is 0 Å². The Kier molecular flexibility index (Phi) is 5.63. The minimum Gasteiger partial charge on any atom is -0.497 e. The Bertz CT molecular complexity index is 491. The summed E-state index contributed by atoms with van der Waals surface area (Å²) in [5.41, 5.74) is 1.14. The van der Waals surface area contributed by atoms with Crippen LogP contribution in [0.1, 0.15) is 12.5 Å². The summed E-state index contributed by atoms with van der Waals surface area (Å²) in [5, 5.41) is 9.07. The van der Waals surface area contributed by atoms with Gasteiger partial charge >= 0.3 is 5.97 Å². The Balaban J connectivity index is 1.94. The van der Waals surface area contributed by atoms with E-state index in [1.54, 1.807) is 21.1 Å². The third-order valence-corrected chi connectivity index (χ3v) is 4.13. The van der Waals surface area contributed by atoms with Crippen LogP contribution in [0.2, 0.25) is 0 Å². The lowest BCUT2D eigenvalue weighted by Gasteiger charge is -2.36. The van der Waals surface area contributed by atoms with Crippen LogP contribution in [0.15, 0.2) is 18.2 Å². The van der Waals surface area contributed by atoms with Gasteiger partial charge in [-0.1, -0.05) is 0 Å². The first-order chi connectivity index (χ1) is 10.5. The quantitative estimate of drug-likeness (QED) is 0.854. The van der Waals surface area contributed by atoms with Gasteiger partial charge in [0.05, 0.1) is 14.2 Å². The molecule has 1 aromatic carbocycles. The van der Waals surface area contributed by atoms with E-state index in [-0.39, 0.29) is 0 Å². The molecular weight excluding hydrogens is 284 g/mol. The molecule has 0 bridgehead atoms. The Labute approximate surface area is 131 Å². The predicted octanol–water partition coefficient (Wildman–Crippen LogP) is 1.29. The zero-order valence-electron chi connectivity index (χ0n) is 13.4. The fraction of sp³-hybridized carbons (Fsp3) is 0.562. The van der Waals surface area contributed by atoms with Crippen molar-refractivity contribution in [2.75, 3.05) is 40.4 Å². The maximum atomic E-state index is 11.0. The van der Waals surface area contributed by atoms with Crippen LogP contribution in [0.4, 0.5) is 0 Å². The van der Waals surface area contributed by atoms with Crippen molar-refractivity contribution >= 4 is 5.97 Å². The standard InChI is InChI=1S/C16H24N2O4/c1-12(16(19)20)18-6-4-17(5-7-18)11-13-8-14(21-2)10-15(9-13)22-3/h8-10,12H,4-7,11H2,1-3H3,(H,19,20).